The fraction of sp³-hybridized carbons (Fsp3) is 0.143. The van der Waals surface area contributed by atoms with Crippen LogP contribution in [0.5, 0.6) is 0 Å². The lowest BCUT2D eigenvalue weighted by Gasteiger charge is -2.11. The Kier molecular flexibility index (Phi) is 4.19. The number of hydrogen-bond acceptors (Lipinski definition) is 0. The summed E-state index contributed by atoms with van der Waals surface area (Å²) < 4.78 is 13.8. The second-order valence-electron chi connectivity index (χ2n) is 3.82. The Bertz CT molecular complexity index is 496. The van der Waals surface area contributed by atoms with Crippen LogP contribution in [0.2, 0.25) is 0 Å². The second-order valence-corrected chi connectivity index (χ2v) is 5.20. The van der Waals surface area contributed by atoms with Gasteiger partial charge in [-0.25, -0.2) is 4.39 Å². The van der Waals surface area contributed by atoms with Crippen LogP contribution in [0.4, 0.5) is 4.39 Å². The van der Waals surface area contributed by atoms with Gasteiger partial charge in [0.1, 0.15) is 5.82 Å². The third kappa shape index (κ3) is 3.30. The Balaban J connectivity index is 2.14. The smallest absolute Gasteiger partial charge is 0.123 e. The molecule has 0 bridgehead atoms. The second kappa shape index (κ2) is 5.65. The normalized spacial score (nSPS) is 12.4. The van der Waals surface area contributed by atoms with Crippen LogP contribution in [-0.4, -0.2) is 0 Å². The van der Waals surface area contributed by atoms with Crippen LogP contribution in [0.1, 0.15) is 16.5 Å². The molecule has 0 aromatic heterocycles. The number of rotatable bonds is 3. The Morgan fingerprint density at radius 2 is 1.71 bits per heavy atom. The lowest BCUT2D eigenvalue weighted by Crippen LogP contribution is -1.97. The molecule has 0 aliphatic carbocycles. The van der Waals surface area contributed by atoms with Crippen molar-refractivity contribution in [2.45, 2.75) is 11.8 Å². The van der Waals surface area contributed by atoms with Gasteiger partial charge in [-0.05, 0) is 35.7 Å². The minimum Gasteiger partial charge on any atom is -0.207 e. The van der Waals surface area contributed by atoms with E-state index in [1.165, 1.54) is 12.1 Å². The third-order valence-corrected chi connectivity index (χ3v) is 3.68. The van der Waals surface area contributed by atoms with Gasteiger partial charge < -0.3 is 0 Å². The first kappa shape index (κ1) is 12.6. The van der Waals surface area contributed by atoms with Gasteiger partial charge in [0.25, 0.3) is 0 Å². The zero-order valence-electron chi connectivity index (χ0n) is 9.04. The summed E-state index contributed by atoms with van der Waals surface area (Å²) in [5.74, 6) is -0.222. The van der Waals surface area contributed by atoms with Crippen LogP contribution in [0.15, 0.2) is 53.0 Å². The van der Waals surface area contributed by atoms with E-state index in [-0.39, 0.29) is 11.2 Å². The summed E-state index contributed by atoms with van der Waals surface area (Å²) in [7, 11) is 0. The van der Waals surface area contributed by atoms with Gasteiger partial charge in [-0.2, -0.15) is 0 Å². The Morgan fingerprint density at radius 3 is 2.35 bits per heavy atom. The molecule has 1 unspecified atom stereocenters. The van der Waals surface area contributed by atoms with Gasteiger partial charge in [0.05, 0.1) is 5.38 Å². The molecule has 17 heavy (non-hydrogen) atoms. The first-order chi connectivity index (χ1) is 8.16. The number of hydrogen-bond donors (Lipinski definition) is 0. The van der Waals surface area contributed by atoms with Crippen molar-refractivity contribution >= 4 is 27.5 Å². The van der Waals surface area contributed by atoms with E-state index in [2.05, 4.69) is 15.9 Å². The van der Waals surface area contributed by atoms with E-state index < -0.39 is 0 Å². The zero-order valence-corrected chi connectivity index (χ0v) is 11.4. The number of halogens is 3. The van der Waals surface area contributed by atoms with E-state index in [1.807, 2.05) is 24.3 Å². The molecule has 0 nitrogen and oxygen atoms in total. The van der Waals surface area contributed by atoms with Gasteiger partial charge in [0, 0.05) is 4.47 Å². The van der Waals surface area contributed by atoms with Gasteiger partial charge in [-0.1, -0.05) is 46.3 Å². The van der Waals surface area contributed by atoms with Crippen molar-refractivity contribution in [3.63, 3.8) is 0 Å². The van der Waals surface area contributed by atoms with E-state index in [1.54, 1.807) is 12.1 Å². The maximum absolute atomic E-state index is 12.8. The largest absolute Gasteiger partial charge is 0.207 e. The van der Waals surface area contributed by atoms with Crippen molar-refractivity contribution in [2.24, 2.45) is 0 Å². The molecule has 0 aliphatic heterocycles. The zero-order chi connectivity index (χ0) is 12.3. The third-order valence-electron chi connectivity index (χ3n) is 2.57. The average Bonchev–Trinajstić information content (AvgIpc) is 2.32. The molecule has 0 saturated heterocycles. The Labute approximate surface area is 114 Å². The van der Waals surface area contributed by atoms with E-state index in [0.717, 1.165) is 15.6 Å². The summed E-state index contributed by atoms with van der Waals surface area (Å²) in [6, 6.07) is 14.3. The van der Waals surface area contributed by atoms with Crippen LogP contribution in [0, 0.1) is 5.82 Å². The van der Waals surface area contributed by atoms with Crippen molar-refractivity contribution in [2.75, 3.05) is 0 Å². The topological polar surface area (TPSA) is 0 Å². The van der Waals surface area contributed by atoms with Crippen LogP contribution < -0.4 is 0 Å². The van der Waals surface area contributed by atoms with Crippen molar-refractivity contribution in [1.29, 1.82) is 0 Å². The van der Waals surface area contributed by atoms with E-state index in [9.17, 15) is 4.39 Å². The Morgan fingerprint density at radius 1 is 1.06 bits per heavy atom. The highest BCUT2D eigenvalue weighted by Crippen LogP contribution is 2.30. The van der Waals surface area contributed by atoms with Crippen LogP contribution in [0.25, 0.3) is 0 Å². The van der Waals surface area contributed by atoms with E-state index in [0.29, 0.717) is 6.42 Å². The fourth-order valence-electron chi connectivity index (χ4n) is 1.67. The predicted molar refractivity (Wildman–Crippen MR) is 72.8 cm³/mol. The molecule has 0 radical (unpaired) electrons. The van der Waals surface area contributed by atoms with Crippen molar-refractivity contribution in [1.82, 2.24) is 0 Å². The highest BCUT2D eigenvalue weighted by Gasteiger charge is 2.11. The van der Waals surface area contributed by atoms with Crippen LogP contribution >= 0.6 is 27.5 Å². The molecule has 0 aliphatic rings. The summed E-state index contributed by atoms with van der Waals surface area (Å²) in [4.78, 5) is 0. The molecular weight excluding hydrogens is 303 g/mol. The first-order valence-corrected chi connectivity index (χ1v) is 6.52. The molecule has 3 heteroatoms. The molecule has 0 N–H and O–H groups in total. The maximum Gasteiger partial charge on any atom is 0.123 e. The summed E-state index contributed by atoms with van der Waals surface area (Å²) in [6.45, 7) is 0. The molecule has 0 amide bonds. The summed E-state index contributed by atoms with van der Waals surface area (Å²) >= 11 is 9.84. The van der Waals surface area contributed by atoms with Crippen LogP contribution in [0.3, 0.4) is 0 Å². The summed E-state index contributed by atoms with van der Waals surface area (Å²) in [5.41, 5.74) is 2.08. The monoisotopic (exact) mass is 312 g/mol. The highest BCUT2D eigenvalue weighted by molar-refractivity contribution is 9.10. The van der Waals surface area contributed by atoms with Gasteiger partial charge in [0.2, 0.25) is 0 Å². The van der Waals surface area contributed by atoms with Crippen molar-refractivity contribution in [3.05, 3.63) is 69.9 Å². The van der Waals surface area contributed by atoms with Crippen molar-refractivity contribution < 1.29 is 4.39 Å². The van der Waals surface area contributed by atoms with Crippen molar-refractivity contribution in [3.8, 4) is 0 Å². The molecule has 1 atom stereocenters. The van der Waals surface area contributed by atoms with Gasteiger partial charge in [-0.3, -0.25) is 0 Å². The first-order valence-electron chi connectivity index (χ1n) is 5.30. The highest BCUT2D eigenvalue weighted by atomic mass is 79.9. The minimum absolute atomic E-state index is 0.115. The maximum atomic E-state index is 12.8. The molecule has 2 aromatic carbocycles. The van der Waals surface area contributed by atoms with Gasteiger partial charge >= 0.3 is 0 Å². The number of benzene rings is 2. The predicted octanol–water partition coefficient (Wildman–Crippen LogP) is 5.11. The van der Waals surface area contributed by atoms with Crippen LogP contribution in [-0.2, 0) is 6.42 Å². The molecule has 0 fully saturated rings. The average molecular weight is 314 g/mol. The minimum atomic E-state index is -0.222. The Hall–Kier alpha value is -0.860. The fourth-order valence-corrected chi connectivity index (χ4v) is 2.73. The lowest BCUT2D eigenvalue weighted by atomic mass is 10.0. The molecule has 88 valence electrons. The quantitative estimate of drug-likeness (QED) is 0.691. The summed E-state index contributed by atoms with van der Waals surface area (Å²) in [5, 5.41) is -0.115. The van der Waals surface area contributed by atoms with E-state index in [4.69, 9.17) is 11.6 Å². The standard InChI is InChI=1S/C14H11BrClF/c15-13-4-2-1-3-12(13)14(16)9-10-5-7-11(17)8-6-10/h1-8,14H,9H2. The molecule has 2 rings (SSSR count). The lowest BCUT2D eigenvalue weighted by molar-refractivity contribution is 0.627. The van der Waals surface area contributed by atoms with Gasteiger partial charge in [0.15, 0.2) is 0 Å². The summed E-state index contributed by atoms with van der Waals surface area (Å²) in [6.07, 6.45) is 0.685. The molecule has 0 saturated carbocycles. The molecule has 0 heterocycles. The molecular formula is C14H11BrClF. The molecule has 0 spiro atoms. The SMILES string of the molecule is Fc1ccc(CC(Cl)c2ccccc2Br)cc1. The molecule has 2 aromatic rings. The van der Waals surface area contributed by atoms with Gasteiger partial charge in [-0.15, -0.1) is 11.6 Å². The number of alkyl halides is 1. The van der Waals surface area contributed by atoms with E-state index >= 15 is 0 Å².